The van der Waals surface area contributed by atoms with Gasteiger partial charge in [0.2, 0.25) is 5.91 Å². The van der Waals surface area contributed by atoms with E-state index in [1.54, 1.807) is 23.9 Å². The summed E-state index contributed by atoms with van der Waals surface area (Å²) in [6.07, 6.45) is 5.06. The Hall–Kier alpha value is -1.34. The first-order valence-corrected chi connectivity index (χ1v) is 9.30. The summed E-state index contributed by atoms with van der Waals surface area (Å²) in [5, 5.41) is 0. The molecule has 0 aromatic carbocycles. The molecule has 1 saturated heterocycles. The van der Waals surface area contributed by atoms with Crippen LogP contribution in [-0.2, 0) is 9.59 Å². The molecule has 4 amide bonds. The van der Waals surface area contributed by atoms with E-state index in [0.29, 0.717) is 31.7 Å². The molecule has 7 nitrogen and oxygen atoms in total. The molecule has 0 bridgehead atoms. The van der Waals surface area contributed by atoms with Gasteiger partial charge in [0.15, 0.2) is 0 Å². The topological polar surface area (TPSA) is 86.9 Å². The van der Waals surface area contributed by atoms with Crippen molar-refractivity contribution in [2.45, 2.75) is 64.0 Å². The molecule has 1 aliphatic heterocycles. The summed E-state index contributed by atoms with van der Waals surface area (Å²) < 4.78 is 0. The van der Waals surface area contributed by atoms with Gasteiger partial charge in [-0.2, -0.15) is 0 Å². The third-order valence-electron chi connectivity index (χ3n) is 5.86. The van der Waals surface area contributed by atoms with Crippen molar-refractivity contribution in [2.24, 2.45) is 11.7 Å². The summed E-state index contributed by atoms with van der Waals surface area (Å²) in [7, 11) is 3.38. The first kappa shape index (κ1) is 22.7. The molecule has 0 aromatic heterocycles. The number of likely N-dealkylation sites (N-methyl/N-ethyl adjacent to an activating group) is 2. The Kier molecular flexibility index (Phi) is 7.89. The van der Waals surface area contributed by atoms with Crippen molar-refractivity contribution in [2.75, 3.05) is 27.2 Å². The molecule has 1 aliphatic carbocycles. The molecule has 1 spiro atoms. The average molecular weight is 389 g/mol. The van der Waals surface area contributed by atoms with Crippen LogP contribution in [-0.4, -0.2) is 71.3 Å². The largest absolute Gasteiger partial charge is 0.344 e. The van der Waals surface area contributed by atoms with E-state index < -0.39 is 5.54 Å². The maximum absolute atomic E-state index is 12.9. The zero-order valence-corrected chi connectivity index (χ0v) is 17.2. The number of carbonyl (C=O) groups is 3. The van der Waals surface area contributed by atoms with Gasteiger partial charge in [-0.05, 0) is 25.2 Å². The number of nitrogens with two attached hydrogens (primary N) is 1. The highest BCUT2D eigenvalue weighted by molar-refractivity contribution is 6.08. The highest BCUT2D eigenvalue weighted by Gasteiger charge is 2.55. The van der Waals surface area contributed by atoms with Crippen LogP contribution in [0, 0.1) is 5.92 Å². The normalized spacial score (nSPS) is 20.5. The first-order valence-electron chi connectivity index (χ1n) is 9.30. The van der Waals surface area contributed by atoms with Crippen molar-refractivity contribution in [1.29, 1.82) is 0 Å². The molecular weight excluding hydrogens is 356 g/mol. The van der Waals surface area contributed by atoms with Crippen LogP contribution in [0.1, 0.15) is 52.4 Å². The fraction of sp³-hybridized carbons (Fsp3) is 0.833. The zero-order chi connectivity index (χ0) is 18.8. The summed E-state index contributed by atoms with van der Waals surface area (Å²) in [5.41, 5.74) is 5.29. The van der Waals surface area contributed by atoms with Crippen LogP contribution in [0.15, 0.2) is 0 Å². The third kappa shape index (κ3) is 4.31. The molecule has 2 N–H and O–H groups in total. The van der Waals surface area contributed by atoms with Crippen LogP contribution in [0.25, 0.3) is 0 Å². The number of halogens is 1. The van der Waals surface area contributed by atoms with Crippen molar-refractivity contribution in [3.05, 3.63) is 0 Å². The van der Waals surface area contributed by atoms with Crippen molar-refractivity contribution in [3.8, 4) is 0 Å². The lowest BCUT2D eigenvalue weighted by Crippen LogP contribution is -2.49. The van der Waals surface area contributed by atoms with Crippen molar-refractivity contribution in [3.63, 3.8) is 0 Å². The van der Waals surface area contributed by atoms with Crippen LogP contribution in [0.4, 0.5) is 4.79 Å². The van der Waals surface area contributed by atoms with Gasteiger partial charge in [0.05, 0.1) is 0 Å². The highest BCUT2D eigenvalue weighted by Crippen LogP contribution is 2.39. The molecule has 8 heteroatoms. The van der Waals surface area contributed by atoms with E-state index in [1.807, 2.05) is 13.8 Å². The van der Waals surface area contributed by atoms with E-state index in [1.165, 1.54) is 0 Å². The molecule has 2 fully saturated rings. The maximum atomic E-state index is 12.9. The highest BCUT2D eigenvalue weighted by atomic mass is 35.5. The molecule has 1 unspecified atom stereocenters. The average Bonchev–Trinajstić information content (AvgIpc) is 2.76. The van der Waals surface area contributed by atoms with Crippen LogP contribution in [0.2, 0.25) is 0 Å². The molecule has 26 heavy (non-hydrogen) atoms. The zero-order valence-electron chi connectivity index (χ0n) is 16.4. The molecular formula is C18H33ClN4O3. The molecule has 2 aliphatic rings. The summed E-state index contributed by atoms with van der Waals surface area (Å²) >= 11 is 0. The van der Waals surface area contributed by atoms with Gasteiger partial charge in [0.1, 0.15) is 12.1 Å². The number of rotatable bonds is 6. The lowest BCUT2D eigenvalue weighted by atomic mass is 9.81. The van der Waals surface area contributed by atoms with E-state index in [2.05, 4.69) is 0 Å². The Bertz CT molecular complexity index is 535. The number of hydrogen-bond acceptors (Lipinski definition) is 4. The summed E-state index contributed by atoms with van der Waals surface area (Å²) in [5.74, 6) is -0.0794. The number of nitrogens with zero attached hydrogens (tertiary/aromatic N) is 3. The number of hydrogen-bond donors (Lipinski definition) is 1. The molecule has 1 atom stereocenters. The second-order valence-corrected chi connectivity index (χ2v) is 7.84. The fourth-order valence-corrected chi connectivity index (χ4v) is 3.73. The summed E-state index contributed by atoms with van der Waals surface area (Å²) in [6.45, 7) is 4.44. The van der Waals surface area contributed by atoms with Crippen LogP contribution in [0.5, 0.6) is 0 Å². The predicted molar refractivity (Wildman–Crippen MR) is 103 cm³/mol. The second-order valence-electron chi connectivity index (χ2n) is 7.84. The van der Waals surface area contributed by atoms with Gasteiger partial charge in [-0.25, -0.2) is 4.79 Å². The molecule has 1 heterocycles. The van der Waals surface area contributed by atoms with Crippen LogP contribution < -0.4 is 5.73 Å². The number of imide groups is 1. The lowest BCUT2D eigenvalue weighted by molar-refractivity contribution is -0.140. The van der Waals surface area contributed by atoms with Gasteiger partial charge in [0.25, 0.3) is 5.91 Å². The van der Waals surface area contributed by atoms with Gasteiger partial charge < -0.3 is 15.5 Å². The minimum Gasteiger partial charge on any atom is -0.344 e. The summed E-state index contributed by atoms with van der Waals surface area (Å²) in [6, 6.07) is -0.325. The Morgan fingerprint density at radius 2 is 1.81 bits per heavy atom. The van der Waals surface area contributed by atoms with Crippen LogP contribution in [0.3, 0.4) is 0 Å². The molecule has 1 saturated carbocycles. The Morgan fingerprint density at radius 3 is 2.35 bits per heavy atom. The minimum absolute atomic E-state index is 0. The third-order valence-corrected chi connectivity index (χ3v) is 5.86. The standard InChI is InChI=1S/C18H32N4O3.ClH/c1-13(2)14(19)8-11-20(3)15(23)12-22-16(24)18(21(4)17(22)25)9-6-5-7-10-18;/h13-14H,5-12,19H2,1-4H3;1H. The van der Waals surface area contributed by atoms with E-state index in [4.69, 9.17) is 5.73 Å². The number of carbonyl (C=O) groups excluding carboxylic acids is 3. The Balaban J connectivity index is 0.00000338. The Morgan fingerprint density at radius 1 is 1.23 bits per heavy atom. The molecule has 150 valence electrons. The van der Waals surface area contributed by atoms with E-state index in [9.17, 15) is 14.4 Å². The van der Waals surface area contributed by atoms with E-state index in [0.717, 1.165) is 24.2 Å². The van der Waals surface area contributed by atoms with Crippen LogP contribution >= 0.6 is 12.4 Å². The van der Waals surface area contributed by atoms with Gasteiger partial charge in [-0.3, -0.25) is 14.5 Å². The quantitative estimate of drug-likeness (QED) is 0.703. The first-order chi connectivity index (χ1) is 11.7. The maximum Gasteiger partial charge on any atom is 0.327 e. The van der Waals surface area contributed by atoms with Crippen molar-refractivity contribution < 1.29 is 14.4 Å². The van der Waals surface area contributed by atoms with Gasteiger partial charge >= 0.3 is 6.03 Å². The number of amides is 4. The van der Waals surface area contributed by atoms with Gasteiger partial charge in [-0.1, -0.05) is 33.1 Å². The van der Waals surface area contributed by atoms with E-state index >= 15 is 0 Å². The monoisotopic (exact) mass is 388 g/mol. The van der Waals surface area contributed by atoms with Gasteiger partial charge in [0, 0.05) is 26.7 Å². The second kappa shape index (κ2) is 9.04. The van der Waals surface area contributed by atoms with E-state index in [-0.39, 0.29) is 42.8 Å². The minimum atomic E-state index is -0.728. The van der Waals surface area contributed by atoms with Crippen molar-refractivity contribution >= 4 is 30.3 Å². The smallest absolute Gasteiger partial charge is 0.327 e. The Labute approximate surface area is 162 Å². The van der Waals surface area contributed by atoms with Gasteiger partial charge in [-0.15, -0.1) is 12.4 Å². The number of urea groups is 1. The SMILES string of the molecule is CC(C)C(N)CCN(C)C(=O)CN1C(=O)N(C)C2(CCCCC2)C1=O.Cl. The lowest BCUT2D eigenvalue weighted by Gasteiger charge is -2.35. The predicted octanol–water partition coefficient (Wildman–Crippen LogP) is 1.84. The molecule has 2 rings (SSSR count). The fourth-order valence-electron chi connectivity index (χ4n) is 3.73. The summed E-state index contributed by atoms with van der Waals surface area (Å²) in [4.78, 5) is 42.2. The van der Waals surface area contributed by atoms with Crippen molar-refractivity contribution in [1.82, 2.24) is 14.7 Å². The molecule has 0 radical (unpaired) electrons. The molecule has 0 aromatic rings.